The molecule has 0 bridgehead atoms. The van der Waals surface area contributed by atoms with Crippen molar-refractivity contribution in [3.05, 3.63) is 46.2 Å². The highest BCUT2D eigenvalue weighted by atomic mass is 35.5. The van der Waals surface area contributed by atoms with Gasteiger partial charge in [-0.15, -0.1) is 0 Å². The van der Waals surface area contributed by atoms with E-state index in [0.29, 0.717) is 10.9 Å². The van der Waals surface area contributed by atoms with Gasteiger partial charge in [0, 0.05) is 10.9 Å². The molecule has 26 heavy (non-hydrogen) atoms. The predicted octanol–water partition coefficient (Wildman–Crippen LogP) is 1.94. The number of nitrogens with zero attached hydrogens (tertiary/aromatic N) is 3. The fourth-order valence-electron chi connectivity index (χ4n) is 3.72. The van der Waals surface area contributed by atoms with Crippen LogP contribution in [0.5, 0.6) is 0 Å². The molecule has 4 rings (SSSR count). The normalized spacial score (nSPS) is 18.3. The Bertz CT molecular complexity index is 802. The standard InChI is InChI=1S/C20H25ClN4O/c1-3-17-18(20(26)24-12-10-23(2)11-13-24)19(14-4-5-14)22-25(17)16-8-6-15(21)7-9-16/h6-9,14H,3-5,10-13H2,1-2H3/p+1. The summed E-state index contributed by atoms with van der Waals surface area (Å²) in [5.41, 5.74) is 3.83. The van der Waals surface area contributed by atoms with E-state index in [-0.39, 0.29) is 5.91 Å². The Morgan fingerprint density at radius 3 is 2.46 bits per heavy atom. The third kappa shape index (κ3) is 3.26. The SMILES string of the molecule is CCc1c(C(=O)N2CC[NH+](C)CC2)c(C2CC2)nn1-c1ccc(Cl)cc1. The van der Waals surface area contributed by atoms with Crippen molar-refractivity contribution in [1.29, 1.82) is 0 Å². The number of hydrogen-bond donors (Lipinski definition) is 1. The van der Waals surface area contributed by atoms with Gasteiger partial charge in [0.05, 0.1) is 55.9 Å². The Balaban J connectivity index is 1.75. The first-order valence-corrected chi connectivity index (χ1v) is 9.94. The second-order valence-corrected chi connectivity index (χ2v) is 7.91. The van der Waals surface area contributed by atoms with Crippen LogP contribution in [-0.4, -0.2) is 53.8 Å². The van der Waals surface area contributed by atoms with Crippen molar-refractivity contribution in [1.82, 2.24) is 14.7 Å². The average Bonchev–Trinajstić information content (AvgIpc) is 3.42. The largest absolute Gasteiger partial charge is 0.334 e. The molecule has 1 aromatic heterocycles. The number of halogens is 1. The quantitative estimate of drug-likeness (QED) is 0.890. The lowest BCUT2D eigenvalue weighted by Crippen LogP contribution is -3.12. The topological polar surface area (TPSA) is 42.6 Å². The van der Waals surface area contributed by atoms with Gasteiger partial charge in [0.25, 0.3) is 5.91 Å². The molecule has 1 amide bonds. The molecule has 1 aliphatic carbocycles. The summed E-state index contributed by atoms with van der Waals surface area (Å²) in [4.78, 5) is 16.9. The Hall–Kier alpha value is -1.85. The second-order valence-electron chi connectivity index (χ2n) is 7.47. The molecule has 1 aliphatic heterocycles. The monoisotopic (exact) mass is 373 g/mol. The van der Waals surface area contributed by atoms with Crippen LogP contribution < -0.4 is 4.90 Å². The zero-order valence-electron chi connectivity index (χ0n) is 15.5. The van der Waals surface area contributed by atoms with Gasteiger partial charge >= 0.3 is 0 Å². The molecule has 2 fully saturated rings. The third-order valence-electron chi connectivity index (χ3n) is 5.50. The Morgan fingerprint density at radius 2 is 1.88 bits per heavy atom. The van der Waals surface area contributed by atoms with Crippen LogP contribution in [-0.2, 0) is 6.42 Å². The molecule has 138 valence electrons. The maximum Gasteiger partial charge on any atom is 0.258 e. The van der Waals surface area contributed by atoms with Gasteiger partial charge in [-0.25, -0.2) is 4.68 Å². The van der Waals surface area contributed by atoms with E-state index in [4.69, 9.17) is 16.7 Å². The van der Waals surface area contributed by atoms with Crippen LogP contribution in [0, 0.1) is 0 Å². The van der Waals surface area contributed by atoms with Crippen LogP contribution >= 0.6 is 11.6 Å². The number of aromatic nitrogens is 2. The summed E-state index contributed by atoms with van der Waals surface area (Å²) in [6.45, 7) is 5.77. The van der Waals surface area contributed by atoms with E-state index in [1.807, 2.05) is 33.8 Å². The fraction of sp³-hybridized carbons (Fsp3) is 0.500. The van der Waals surface area contributed by atoms with Gasteiger partial charge in [0.1, 0.15) is 0 Å². The maximum absolute atomic E-state index is 13.4. The van der Waals surface area contributed by atoms with Crippen molar-refractivity contribution in [2.24, 2.45) is 0 Å². The Labute approximate surface area is 159 Å². The number of quaternary nitrogens is 1. The van der Waals surface area contributed by atoms with E-state index < -0.39 is 0 Å². The molecular formula is C20H26ClN4O+. The maximum atomic E-state index is 13.4. The van der Waals surface area contributed by atoms with E-state index >= 15 is 0 Å². The van der Waals surface area contributed by atoms with E-state index in [1.54, 1.807) is 0 Å². The number of benzene rings is 1. The molecule has 5 nitrogen and oxygen atoms in total. The highest BCUT2D eigenvalue weighted by molar-refractivity contribution is 6.30. The van der Waals surface area contributed by atoms with Crippen LogP contribution in [0.2, 0.25) is 5.02 Å². The minimum Gasteiger partial charge on any atom is -0.334 e. The van der Waals surface area contributed by atoms with Crippen LogP contribution in [0.1, 0.15) is 47.4 Å². The third-order valence-corrected chi connectivity index (χ3v) is 5.75. The van der Waals surface area contributed by atoms with Crippen molar-refractivity contribution in [2.75, 3.05) is 33.2 Å². The average molecular weight is 374 g/mol. The molecular weight excluding hydrogens is 348 g/mol. The molecule has 0 atom stereocenters. The van der Waals surface area contributed by atoms with Crippen LogP contribution in [0.4, 0.5) is 0 Å². The number of nitrogens with one attached hydrogen (secondary N) is 1. The minimum absolute atomic E-state index is 0.163. The van der Waals surface area contributed by atoms with Crippen molar-refractivity contribution in [3.63, 3.8) is 0 Å². The number of carbonyl (C=O) groups is 1. The van der Waals surface area contributed by atoms with Gasteiger partial charge in [-0.05, 0) is 43.5 Å². The molecule has 0 spiro atoms. The number of hydrogen-bond acceptors (Lipinski definition) is 2. The summed E-state index contributed by atoms with van der Waals surface area (Å²) < 4.78 is 1.96. The molecule has 2 heterocycles. The summed E-state index contributed by atoms with van der Waals surface area (Å²) in [5.74, 6) is 0.599. The summed E-state index contributed by atoms with van der Waals surface area (Å²) in [7, 11) is 2.19. The highest BCUT2D eigenvalue weighted by Crippen LogP contribution is 2.42. The highest BCUT2D eigenvalue weighted by Gasteiger charge is 2.36. The second kappa shape index (κ2) is 7.05. The van der Waals surface area contributed by atoms with Gasteiger partial charge in [-0.2, -0.15) is 5.10 Å². The smallest absolute Gasteiger partial charge is 0.258 e. The van der Waals surface area contributed by atoms with Crippen LogP contribution in [0.25, 0.3) is 5.69 Å². The van der Waals surface area contributed by atoms with E-state index in [9.17, 15) is 4.79 Å². The van der Waals surface area contributed by atoms with Gasteiger partial charge in [-0.1, -0.05) is 18.5 Å². The predicted molar refractivity (Wildman–Crippen MR) is 102 cm³/mol. The molecule has 0 unspecified atom stereocenters. The van der Waals surface area contributed by atoms with Crippen LogP contribution in [0.15, 0.2) is 24.3 Å². The van der Waals surface area contributed by atoms with Gasteiger partial charge in [0.15, 0.2) is 0 Å². The minimum atomic E-state index is 0.163. The van der Waals surface area contributed by atoms with E-state index in [0.717, 1.165) is 68.1 Å². The first-order chi connectivity index (χ1) is 12.6. The number of likely N-dealkylation sites (N-methyl/N-ethyl adjacent to an activating group) is 1. The van der Waals surface area contributed by atoms with Gasteiger partial charge in [0.2, 0.25) is 0 Å². The first kappa shape index (κ1) is 17.6. The van der Waals surface area contributed by atoms with Crippen molar-refractivity contribution < 1.29 is 9.69 Å². The zero-order valence-corrected chi connectivity index (χ0v) is 16.2. The van der Waals surface area contributed by atoms with E-state index in [2.05, 4.69) is 14.0 Å². The first-order valence-electron chi connectivity index (χ1n) is 9.56. The lowest BCUT2D eigenvalue weighted by atomic mass is 10.1. The van der Waals surface area contributed by atoms with Gasteiger partial charge < -0.3 is 9.80 Å². The summed E-state index contributed by atoms with van der Waals surface area (Å²) in [6, 6.07) is 7.69. The lowest BCUT2D eigenvalue weighted by Gasteiger charge is -2.30. The molecule has 1 aromatic carbocycles. The van der Waals surface area contributed by atoms with Crippen molar-refractivity contribution in [3.8, 4) is 5.69 Å². The van der Waals surface area contributed by atoms with Gasteiger partial charge in [-0.3, -0.25) is 4.79 Å². The number of rotatable bonds is 4. The number of carbonyl (C=O) groups excluding carboxylic acids is 1. The van der Waals surface area contributed by atoms with Crippen molar-refractivity contribution >= 4 is 17.5 Å². The number of amides is 1. The molecule has 0 radical (unpaired) electrons. The number of piperazine rings is 1. The Morgan fingerprint density at radius 1 is 1.23 bits per heavy atom. The zero-order chi connectivity index (χ0) is 18.3. The lowest BCUT2D eigenvalue weighted by molar-refractivity contribution is -0.883. The summed E-state index contributed by atoms with van der Waals surface area (Å²) in [6.07, 6.45) is 3.05. The summed E-state index contributed by atoms with van der Waals surface area (Å²) in [5, 5.41) is 5.60. The summed E-state index contributed by atoms with van der Waals surface area (Å²) >= 11 is 6.04. The Kier molecular flexibility index (Phi) is 4.76. The molecule has 2 aliphatic rings. The molecule has 1 saturated carbocycles. The van der Waals surface area contributed by atoms with Crippen molar-refractivity contribution in [2.45, 2.75) is 32.1 Å². The fourth-order valence-corrected chi connectivity index (χ4v) is 3.85. The molecule has 6 heteroatoms. The molecule has 2 aromatic rings. The molecule has 1 saturated heterocycles. The van der Waals surface area contributed by atoms with Crippen LogP contribution in [0.3, 0.4) is 0 Å². The molecule has 1 N–H and O–H groups in total. The van der Waals surface area contributed by atoms with E-state index in [1.165, 1.54) is 4.90 Å².